The minimum Gasteiger partial charge on any atom is -0.457 e. The molecular weight excluding hydrogens is 242 g/mol. The van der Waals surface area contributed by atoms with Crippen LogP contribution in [0.25, 0.3) is 0 Å². The molecule has 2 rings (SSSR count). The lowest BCUT2D eigenvalue weighted by Crippen LogP contribution is -2.30. The minimum absolute atomic E-state index is 0.0254. The monoisotopic (exact) mass is 265 g/mol. The molecule has 0 spiro atoms. The van der Waals surface area contributed by atoms with E-state index in [4.69, 9.17) is 10.5 Å². The highest BCUT2D eigenvalue weighted by atomic mass is 16.5. The van der Waals surface area contributed by atoms with E-state index in [9.17, 15) is 4.79 Å². The minimum atomic E-state index is -0.380. The number of aromatic nitrogens is 2. The molecule has 1 heterocycles. The first-order chi connectivity index (χ1) is 9.15. The van der Waals surface area contributed by atoms with Crippen molar-refractivity contribution in [2.75, 3.05) is 5.73 Å². The van der Waals surface area contributed by atoms with Crippen LogP contribution >= 0.6 is 0 Å². The van der Waals surface area contributed by atoms with E-state index in [0.717, 1.165) is 25.7 Å². The number of rotatable bonds is 4. The molecule has 1 fully saturated rings. The summed E-state index contributed by atoms with van der Waals surface area (Å²) in [5.41, 5.74) is 6.46. The molecular formula is C14H23N3O2. The normalized spacial score (nSPS) is 23.3. The Hall–Kier alpha value is -1.52. The van der Waals surface area contributed by atoms with Crippen molar-refractivity contribution in [1.82, 2.24) is 9.78 Å². The molecule has 19 heavy (non-hydrogen) atoms. The van der Waals surface area contributed by atoms with Crippen LogP contribution in [0, 0.1) is 5.92 Å². The summed E-state index contributed by atoms with van der Waals surface area (Å²) in [6.45, 7) is 4.80. The van der Waals surface area contributed by atoms with Gasteiger partial charge in [0.1, 0.15) is 6.10 Å². The molecule has 1 aromatic rings. The lowest BCUT2D eigenvalue weighted by Gasteiger charge is -2.30. The van der Waals surface area contributed by atoms with Crippen LogP contribution in [0.5, 0.6) is 0 Å². The molecule has 1 saturated carbocycles. The smallest absolute Gasteiger partial charge is 0.361 e. The SMILES string of the molecule is CCC1CCCCC1OC(=O)c1nn(CC)cc1N. The number of anilines is 1. The second-order valence-electron chi connectivity index (χ2n) is 5.19. The van der Waals surface area contributed by atoms with E-state index in [1.54, 1.807) is 10.9 Å². The van der Waals surface area contributed by atoms with Gasteiger partial charge in [0.2, 0.25) is 0 Å². The molecule has 0 radical (unpaired) electrons. The molecule has 2 atom stereocenters. The fourth-order valence-electron chi connectivity index (χ4n) is 2.75. The Morgan fingerprint density at radius 2 is 2.21 bits per heavy atom. The molecule has 1 aliphatic carbocycles. The fraction of sp³-hybridized carbons (Fsp3) is 0.714. The first-order valence-corrected chi connectivity index (χ1v) is 7.19. The highest BCUT2D eigenvalue weighted by Gasteiger charge is 2.28. The lowest BCUT2D eigenvalue weighted by atomic mass is 9.85. The van der Waals surface area contributed by atoms with Crippen LogP contribution in [0.15, 0.2) is 6.20 Å². The van der Waals surface area contributed by atoms with Gasteiger partial charge in [0.05, 0.1) is 5.69 Å². The summed E-state index contributed by atoms with van der Waals surface area (Å²) >= 11 is 0. The zero-order chi connectivity index (χ0) is 13.8. The van der Waals surface area contributed by atoms with E-state index in [1.165, 1.54) is 6.42 Å². The van der Waals surface area contributed by atoms with Gasteiger partial charge in [-0.3, -0.25) is 4.68 Å². The van der Waals surface area contributed by atoms with E-state index < -0.39 is 0 Å². The van der Waals surface area contributed by atoms with Crippen molar-refractivity contribution < 1.29 is 9.53 Å². The number of esters is 1. The third-order valence-electron chi connectivity index (χ3n) is 3.93. The number of carbonyl (C=O) groups is 1. The summed E-state index contributed by atoms with van der Waals surface area (Å²) in [6.07, 6.45) is 7.22. The number of nitrogens with two attached hydrogens (primary N) is 1. The largest absolute Gasteiger partial charge is 0.457 e. The molecule has 2 unspecified atom stereocenters. The number of carbonyl (C=O) groups excluding carboxylic acids is 1. The molecule has 2 N–H and O–H groups in total. The summed E-state index contributed by atoms with van der Waals surface area (Å²) < 4.78 is 7.28. The van der Waals surface area contributed by atoms with Crippen LogP contribution in [-0.4, -0.2) is 21.9 Å². The van der Waals surface area contributed by atoms with Gasteiger partial charge in [-0.1, -0.05) is 13.3 Å². The Bertz CT molecular complexity index is 442. The number of nitrogen functional groups attached to an aromatic ring is 1. The Labute approximate surface area is 114 Å². The average Bonchev–Trinajstić information content (AvgIpc) is 2.80. The maximum atomic E-state index is 12.1. The van der Waals surface area contributed by atoms with E-state index >= 15 is 0 Å². The zero-order valence-electron chi connectivity index (χ0n) is 11.8. The zero-order valence-corrected chi connectivity index (χ0v) is 11.8. The molecule has 5 heteroatoms. The summed E-state index contributed by atoms with van der Waals surface area (Å²) in [6, 6.07) is 0. The van der Waals surface area contributed by atoms with Gasteiger partial charge in [0.15, 0.2) is 5.69 Å². The Balaban J connectivity index is 2.05. The summed E-state index contributed by atoms with van der Waals surface area (Å²) in [5.74, 6) is 0.0993. The van der Waals surface area contributed by atoms with Gasteiger partial charge in [0.25, 0.3) is 0 Å². The van der Waals surface area contributed by atoms with Crippen molar-refractivity contribution in [2.45, 2.75) is 58.6 Å². The van der Waals surface area contributed by atoms with E-state index in [2.05, 4.69) is 12.0 Å². The number of hydrogen-bond acceptors (Lipinski definition) is 4. The van der Waals surface area contributed by atoms with E-state index in [0.29, 0.717) is 18.2 Å². The second-order valence-corrected chi connectivity index (χ2v) is 5.19. The van der Waals surface area contributed by atoms with Gasteiger partial charge in [-0.15, -0.1) is 0 Å². The molecule has 5 nitrogen and oxygen atoms in total. The first-order valence-electron chi connectivity index (χ1n) is 7.19. The van der Waals surface area contributed by atoms with Gasteiger partial charge in [-0.25, -0.2) is 4.79 Å². The van der Waals surface area contributed by atoms with Gasteiger partial charge >= 0.3 is 5.97 Å². The van der Waals surface area contributed by atoms with Crippen molar-refractivity contribution in [2.24, 2.45) is 5.92 Å². The second kappa shape index (κ2) is 6.08. The third-order valence-corrected chi connectivity index (χ3v) is 3.93. The van der Waals surface area contributed by atoms with Gasteiger partial charge in [-0.05, 0) is 38.5 Å². The van der Waals surface area contributed by atoms with Crippen LogP contribution in [0.1, 0.15) is 56.4 Å². The number of aryl methyl sites for hydroxylation is 1. The van der Waals surface area contributed by atoms with E-state index in [1.807, 2.05) is 6.92 Å². The van der Waals surface area contributed by atoms with Crippen LogP contribution in [0.4, 0.5) is 5.69 Å². The number of hydrogen-bond donors (Lipinski definition) is 1. The summed E-state index contributed by atoms with van der Waals surface area (Å²) in [4.78, 5) is 12.1. The average molecular weight is 265 g/mol. The van der Waals surface area contributed by atoms with Crippen molar-refractivity contribution in [1.29, 1.82) is 0 Å². The topological polar surface area (TPSA) is 70.1 Å². The standard InChI is InChI=1S/C14H23N3O2/c1-3-10-7-5-6-8-12(10)19-14(18)13-11(15)9-17(4-2)16-13/h9-10,12H,3-8,15H2,1-2H3. The van der Waals surface area contributed by atoms with Gasteiger partial charge in [-0.2, -0.15) is 5.10 Å². The molecule has 0 aromatic carbocycles. The Morgan fingerprint density at radius 1 is 1.47 bits per heavy atom. The van der Waals surface area contributed by atoms with Gasteiger partial charge < -0.3 is 10.5 Å². The first kappa shape index (κ1) is 13.9. The predicted molar refractivity (Wildman–Crippen MR) is 73.8 cm³/mol. The summed E-state index contributed by atoms with van der Waals surface area (Å²) in [5, 5.41) is 4.16. The predicted octanol–water partition coefficient (Wildman–Crippen LogP) is 2.61. The molecule has 0 amide bonds. The van der Waals surface area contributed by atoms with Crippen LogP contribution in [-0.2, 0) is 11.3 Å². The molecule has 106 valence electrons. The van der Waals surface area contributed by atoms with Crippen molar-refractivity contribution in [3.63, 3.8) is 0 Å². The maximum absolute atomic E-state index is 12.1. The highest BCUT2D eigenvalue weighted by Crippen LogP contribution is 2.30. The maximum Gasteiger partial charge on any atom is 0.361 e. The molecule has 0 saturated heterocycles. The Kier molecular flexibility index (Phi) is 4.45. The highest BCUT2D eigenvalue weighted by molar-refractivity contribution is 5.92. The molecule has 0 aliphatic heterocycles. The van der Waals surface area contributed by atoms with Gasteiger partial charge in [0, 0.05) is 12.7 Å². The van der Waals surface area contributed by atoms with E-state index in [-0.39, 0.29) is 17.8 Å². The fourth-order valence-corrected chi connectivity index (χ4v) is 2.75. The third kappa shape index (κ3) is 3.08. The van der Waals surface area contributed by atoms with Crippen LogP contribution < -0.4 is 5.73 Å². The summed E-state index contributed by atoms with van der Waals surface area (Å²) in [7, 11) is 0. The van der Waals surface area contributed by atoms with Crippen molar-refractivity contribution >= 4 is 11.7 Å². The van der Waals surface area contributed by atoms with Crippen LogP contribution in [0.2, 0.25) is 0 Å². The molecule has 0 bridgehead atoms. The lowest BCUT2D eigenvalue weighted by molar-refractivity contribution is 0.000147. The van der Waals surface area contributed by atoms with Crippen molar-refractivity contribution in [3.8, 4) is 0 Å². The molecule has 1 aliphatic rings. The number of ether oxygens (including phenoxy) is 1. The quantitative estimate of drug-likeness (QED) is 0.849. The Morgan fingerprint density at radius 3 is 2.84 bits per heavy atom. The molecule has 1 aromatic heterocycles. The van der Waals surface area contributed by atoms with Crippen molar-refractivity contribution in [3.05, 3.63) is 11.9 Å². The van der Waals surface area contributed by atoms with Crippen LogP contribution in [0.3, 0.4) is 0 Å². The number of nitrogens with zero attached hydrogens (tertiary/aromatic N) is 2.